The van der Waals surface area contributed by atoms with E-state index in [4.69, 9.17) is 0 Å². The molecule has 2 amide bonds. The fourth-order valence-electron chi connectivity index (χ4n) is 3.83. The highest BCUT2D eigenvalue weighted by Gasteiger charge is 2.32. The minimum Gasteiger partial charge on any atom is -0.332 e. The highest BCUT2D eigenvalue weighted by molar-refractivity contribution is 8.00. The number of amides is 2. The number of thioether (sulfide) groups is 1. The SMILES string of the molecule is CCc1ccc(C2CNCCN2C(=O)CN2C(=O)CSc3ccccc32)cc1. The lowest BCUT2D eigenvalue weighted by Gasteiger charge is -2.38. The van der Waals surface area contributed by atoms with E-state index in [9.17, 15) is 9.59 Å². The number of para-hydroxylation sites is 1. The number of nitrogens with one attached hydrogen (secondary N) is 1. The van der Waals surface area contributed by atoms with E-state index >= 15 is 0 Å². The predicted molar refractivity (Wildman–Crippen MR) is 113 cm³/mol. The van der Waals surface area contributed by atoms with Crippen molar-refractivity contribution in [2.45, 2.75) is 24.3 Å². The molecule has 1 N–H and O–H groups in total. The van der Waals surface area contributed by atoms with Gasteiger partial charge in [0.2, 0.25) is 11.8 Å². The van der Waals surface area contributed by atoms with Gasteiger partial charge in [0, 0.05) is 24.5 Å². The molecule has 1 fully saturated rings. The van der Waals surface area contributed by atoms with Crippen LogP contribution in [0.3, 0.4) is 0 Å². The monoisotopic (exact) mass is 395 g/mol. The summed E-state index contributed by atoms with van der Waals surface area (Å²) in [6.45, 7) is 4.39. The average molecular weight is 396 g/mol. The lowest BCUT2D eigenvalue weighted by atomic mass is 10.0. The molecular formula is C22H25N3O2S. The van der Waals surface area contributed by atoms with Crippen LogP contribution >= 0.6 is 11.8 Å². The second kappa shape index (κ2) is 8.37. The van der Waals surface area contributed by atoms with Crippen molar-refractivity contribution < 1.29 is 9.59 Å². The van der Waals surface area contributed by atoms with Crippen LogP contribution in [0.2, 0.25) is 0 Å². The molecule has 0 aliphatic carbocycles. The molecule has 1 unspecified atom stereocenters. The number of carbonyl (C=O) groups excluding carboxylic acids is 2. The first-order valence-electron chi connectivity index (χ1n) is 9.78. The van der Waals surface area contributed by atoms with Gasteiger partial charge in [0.15, 0.2) is 0 Å². The third-order valence-corrected chi connectivity index (χ3v) is 6.49. The van der Waals surface area contributed by atoms with Crippen molar-refractivity contribution >= 4 is 29.3 Å². The Morgan fingerprint density at radius 3 is 2.75 bits per heavy atom. The molecule has 6 heteroatoms. The first-order chi connectivity index (χ1) is 13.7. The maximum atomic E-state index is 13.2. The van der Waals surface area contributed by atoms with E-state index < -0.39 is 0 Å². The lowest BCUT2D eigenvalue weighted by Crippen LogP contribution is -2.52. The molecule has 2 aliphatic heterocycles. The maximum absolute atomic E-state index is 13.2. The van der Waals surface area contributed by atoms with E-state index in [1.165, 1.54) is 17.3 Å². The summed E-state index contributed by atoms with van der Waals surface area (Å²) in [6, 6.07) is 16.3. The fraction of sp³-hybridized carbons (Fsp3) is 0.364. The molecule has 146 valence electrons. The Morgan fingerprint density at radius 2 is 1.96 bits per heavy atom. The Hall–Kier alpha value is -2.31. The van der Waals surface area contributed by atoms with E-state index in [1.807, 2.05) is 29.2 Å². The Balaban J connectivity index is 1.55. The van der Waals surface area contributed by atoms with Gasteiger partial charge in [0.1, 0.15) is 6.54 Å². The van der Waals surface area contributed by atoms with Crippen molar-refractivity contribution in [3.8, 4) is 0 Å². The molecule has 0 aromatic heterocycles. The Bertz CT molecular complexity index is 868. The van der Waals surface area contributed by atoms with Crippen LogP contribution in [0.5, 0.6) is 0 Å². The van der Waals surface area contributed by atoms with Crippen LogP contribution in [0.15, 0.2) is 53.4 Å². The van der Waals surface area contributed by atoms with Crippen molar-refractivity contribution in [3.63, 3.8) is 0 Å². The van der Waals surface area contributed by atoms with Crippen molar-refractivity contribution in [1.29, 1.82) is 0 Å². The summed E-state index contributed by atoms with van der Waals surface area (Å²) >= 11 is 1.54. The minimum absolute atomic E-state index is 0.00104. The molecule has 0 spiro atoms. The van der Waals surface area contributed by atoms with Crippen LogP contribution in [-0.4, -0.2) is 48.6 Å². The Kier molecular flexibility index (Phi) is 5.69. The number of nitrogens with zero attached hydrogens (tertiary/aromatic N) is 2. The van der Waals surface area contributed by atoms with Crippen LogP contribution in [0, 0.1) is 0 Å². The highest BCUT2D eigenvalue weighted by Crippen LogP contribution is 2.35. The van der Waals surface area contributed by atoms with Crippen LogP contribution in [0.4, 0.5) is 5.69 Å². The van der Waals surface area contributed by atoms with E-state index in [0.717, 1.165) is 35.7 Å². The maximum Gasteiger partial charge on any atom is 0.243 e. The number of piperazine rings is 1. The van der Waals surface area contributed by atoms with Gasteiger partial charge < -0.3 is 15.1 Å². The van der Waals surface area contributed by atoms with Crippen LogP contribution in [0.1, 0.15) is 24.1 Å². The van der Waals surface area contributed by atoms with Gasteiger partial charge in [-0.3, -0.25) is 9.59 Å². The third kappa shape index (κ3) is 3.80. The molecule has 1 saturated heterocycles. The number of carbonyl (C=O) groups is 2. The topological polar surface area (TPSA) is 52.7 Å². The number of benzene rings is 2. The van der Waals surface area contributed by atoms with Crippen LogP contribution < -0.4 is 10.2 Å². The number of aryl methyl sites for hydroxylation is 1. The van der Waals surface area contributed by atoms with Crippen molar-refractivity contribution in [1.82, 2.24) is 10.2 Å². The zero-order chi connectivity index (χ0) is 19.5. The zero-order valence-electron chi connectivity index (χ0n) is 16.1. The highest BCUT2D eigenvalue weighted by atomic mass is 32.2. The molecule has 2 aromatic carbocycles. The van der Waals surface area contributed by atoms with Crippen molar-refractivity contribution in [2.75, 3.05) is 36.8 Å². The number of fused-ring (bicyclic) bond motifs is 1. The summed E-state index contributed by atoms with van der Waals surface area (Å²) in [6.07, 6.45) is 1.00. The molecule has 4 rings (SSSR count). The smallest absolute Gasteiger partial charge is 0.243 e. The number of rotatable bonds is 4. The second-order valence-corrected chi connectivity index (χ2v) is 8.16. The molecule has 2 aromatic rings. The second-order valence-electron chi connectivity index (χ2n) is 7.14. The van der Waals surface area contributed by atoms with Gasteiger partial charge in [-0.15, -0.1) is 11.8 Å². The molecule has 5 nitrogen and oxygen atoms in total. The third-order valence-electron chi connectivity index (χ3n) is 5.44. The molecule has 2 heterocycles. The first-order valence-corrected chi connectivity index (χ1v) is 10.8. The van der Waals surface area contributed by atoms with Crippen molar-refractivity contribution in [3.05, 3.63) is 59.7 Å². The molecule has 1 atom stereocenters. The molecule has 0 saturated carbocycles. The summed E-state index contributed by atoms with van der Waals surface area (Å²) in [5.41, 5.74) is 3.27. The van der Waals surface area contributed by atoms with E-state index in [2.05, 4.69) is 36.5 Å². The largest absolute Gasteiger partial charge is 0.332 e. The van der Waals surface area contributed by atoms with Crippen LogP contribution in [-0.2, 0) is 16.0 Å². The summed E-state index contributed by atoms with van der Waals surface area (Å²) in [4.78, 5) is 30.4. The summed E-state index contributed by atoms with van der Waals surface area (Å²) in [5, 5.41) is 3.40. The van der Waals surface area contributed by atoms with Gasteiger partial charge in [-0.05, 0) is 29.7 Å². The first kappa shape index (κ1) is 19.0. The van der Waals surface area contributed by atoms with Crippen LogP contribution in [0.25, 0.3) is 0 Å². The Labute approximate surface area is 170 Å². The van der Waals surface area contributed by atoms with Gasteiger partial charge in [-0.1, -0.05) is 43.3 Å². The molecule has 2 aliphatic rings. The number of hydrogen-bond donors (Lipinski definition) is 1. The molecule has 28 heavy (non-hydrogen) atoms. The Morgan fingerprint density at radius 1 is 1.18 bits per heavy atom. The quantitative estimate of drug-likeness (QED) is 0.865. The van der Waals surface area contributed by atoms with Gasteiger partial charge in [0.25, 0.3) is 0 Å². The lowest BCUT2D eigenvalue weighted by molar-refractivity contribution is -0.134. The molecule has 0 bridgehead atoms. The summed E-state index contributed by atoms with van der Waals surface area (Å²) in [5.74, 6) is 0.380. The standard InChI is InChI=1S/C22H25N3O2S/c1-2-16-7-9-17(10-8-16)19-13-23-11-12-24(19)21(26)14-25-18-5-3-4-6-20(18)28-15-22(25)27/h3-10,19,23H,2,11-15H2,1H3. The minimum atomic E-state index is -0.00367. The zero-order valence-corrected chi connectivity index (χ0v) is 16.9. The number of anilines is 1. The summed E-state index contributed by atoms with van der Waals surface area (Å²) < 4.78 is 0. The van der Waals surface area contributed by atoms with E-state index in [0.29, 0.717) is 12.3 Å². The average Bonchev–Trinajstić information content (AvgIpc) is 2.76. The van der Waals surface area contributed by atoms with E-state index in [1.54, 1.807) is 4.90 Å². The predicted octanol–water partition coefficient (Wildman–Crippen LogP) is 2.86. The molecule has 0 radical (unpaired) electrons. The number of hydrogen-bond acceptors (Lipinski definition) is 4. The van der Waals surface area contributed by atoms with Crippen molar-refractivity contribution in [2.24, 2.45) is 0 Å². The van der Waals surface area contributed by atoms with Gasteiger partial charge in [0.05, 0.1) is 17.5 Å². The van der Waals surface area contributed by atoms with Gasteiger partial charge in [-0.2, -0.15) is 0 Å². The fourth-order valence-corrected chi connectivity index (χ4v) is 4.77. The van der Waals surface area contributed by atoms with Gasteiger partial charge in [-0.25, -0.2) is 0 Å². The van der Waals surface area contributed by atoms with Gasteiger partial charge >= 0.3 is 0 Å². The normalized spacial score (nSPS) is 19.5. The molecular weight excluding hydrogens is 370 g/mol. The van der Waals surface area contributed by atoms with E-state index in [-0.39, 0.29) is 24.4 Å². The summed E-state index contributed by atoms with van der Waals surface area (Å²) in [7, 11) is 0.